The van der Waals surface area contributed by atoms with Gasteiger partial charge in [0.2, 0.25) is 0 Å². The van der Waals surface area contributed by atoms with Crippen molar-refractivity contribution in [2.24, 2.45) is 0 Å². The van der Waals surface area contributed by atoms with Gasteiger partial charge in [-0.15, -0.1) is 0 Å². The number of pyridine rings is 1. The van der Waals surface area contributed by atoms with Gasteiger partial charge in [-0.3, -0.25) is 4.98 Å². The zero-order chi connectivity index (χ0) is 13.9. The standard InChI is InChI=1S/C15H23NO3/c1-4-14(3)11-15(17,6-7-19-14)12-8-13(18-5-2)10-16-9-12/h8-10,17H,4-7,11H2,1-3H3. The van der Waals surface area contributed by atoms with E-state index in [1.807, 2.05) is 13.0 Å². The molecule has 1 aliphatic rings. The van der Waals surface area contributed by atoms with Gasteiger partial charge in [0.05, 0.1) is 30.6 Å². The Balaban J connectivity index is 2.26. The third-order valence-electron chi connectivity index (χ3n) is 3.94. The first-order valence-corrected chi connectivity index (χ1v) is 6.96. The van der Waals surface area contributed by atoms with Crippen molar-refractivity contribution in [3.8, 4) is 5.75 Å². The molecule has 0 aliphatic carbocycles. The summed E-state index contributed by atoms with van der Waals surface area (Å²) in [5.74, 6) is 0.707. The van der Waals surface area contributed by atoms with Gasteiger partial charge in [0.15, 0.2) is 0 Å². The number of ether oxygens (including phenoxy) is 2. The van der Waals surface area contributed by atoms with Crippen LogP contribution in [0.15, 0.2) is 18.5 Å². The smallest absolute Gasteiger partial charge is 0.137 e. The number of hydrogen-bond acceptors (Lipinski definition) is 4. The van der Waals surface area contributed by atoms with Gasteiger partial charge in [0, 0.05) is 24.6 Å². The zero-order valence-corrected chi connectivity index (χ0v) is 12.0. The molecular weight excluding hydrogens is 242 g/mol. The van der Waals surface area contributed by atoms with Crippen LogP contribution < -0.4 is 4.74 Å². The van der Waals surface area contributed by atoms with Crippen molar-refractivity contribution in [1.82, 2.24) is 4.98 Å². The normalized spacial score (nSPS) is 31.2. The maximum atomic E-state index is 10.9. The topological polar surface area (TPSA) is 51.6 Å². The fraction of sp³-hybridized carbons (Fsp3) is 0.667. The van der Waals surface area contributed by atoms with Crippen molar-refractivity contribution in [2.45, 2.75) is 51.2 Å². The summed E-state index contributed by atoms with van der Waals surface area (Å²) in [6.45, 7) is 7.24. The molecule has 2 atom stereocenters. The molecule has 106 valence electrons. The molecule has 2 rings (SSSR count). The highest BCUT2D eigenvalue weighted by molar-refractivity contribution is 5.29. The molecule has 0 saturated carbocycles. The molecule has 1 aromatic heterocycles. The minimum atomic E-state index is -0.872. The molecule has 2 unspecified atom stereocenters. The van der Waals surface area contributed by atoms with E-state index in [0.29, 0.717) is 31.8 Å². The summed E-state index contributed by atoms with van der Waals surface area (Å²) < 4.78 is 11.3. The van der Waals surface area contributed by atoms with Crippen LogP contribution in [-0.4, -0.2) is 28.9 Å². The van der Waals surface area contributed by atoms with Crippen LogP contribution in [0.3, 0.4) is 0 Å². The molecule has 1 saturated heterocycles. The van der Waals surface area contributed by atoms with Gasteiger partial charge in [0.25, 0.3) is 0 Å². The average molecular weight is 265 g/mol. The van der Waals surface area contributed by atoms with Crippen molar-refractivity contribution >= 4 is 0 Å². The molecular formula is C15H23NO3. The Morgan fingerprint density at radius 2 is 2.21 bits per heavy atom. The molecule has 1 aliphatic heterocycles. The zero-order valence-electron chi connectivity index (χ0n) is 12.0. The third kappa shape index (κ3) is 3.07. The monoisotopic (exact) mass is 265 g/mol. The molecule has 2 heterocycles. The molecule has 19 heavy (non-hydrogen) atoms. The molecule has 1 N–H and O–H groups in total. The minimum absolute atomic E-state index is 0.269. The summed E-state index contributed by atoms with van der Waals surface area (Å²) in [7, 11) is 0. The summed E-state index contributed by atoms with van der Waals surface area (Å²) in [4.78, 5) is 4.17. The molecule has 0 amide bonds. The predicted molar refractivity (Wildman–Crippen MR) is 73.2 cm³/mol. The minimum Gasteiger partial charge on any atom is -0.492 e. The van der Waals surface area contributed by atoms with Crippen molar-refractivity contribution < 1.29 is 14.6 Å². The van der Waals surface area contributed by atoms with Gasteiger partial charge in [-0.25, -0.2) is 0 Å². The maximum Gasteiger partial charge on any atom is 0.137 e. The number of rotatable bonds is 4. The van der Waals surface area contributed by atoms with Gasteiger partial charge >= 0.3 is 0 Å². The summed E-state index contributed by atoms with van der Waals surface area (Å²) in [5.41, 5.74) is -0.320. The van der Waals surface area contributed by atoms with E-state index in [2.05, 4.69) is 18.8 Å². The fourth-order valence-corrected chi connectivity index (χ4v) is 2.62. The van der Waals surface area contributed by atoms with E-state index in [4.69, 9.17) is 9.47 Å². The molecule has 0 bridgehead atoms. The quantitative estimate of drug-likeness (QED) is 0.909. The Labute approximate surface area is 114 Å². The number of nitrogens with zero attached hydrogens (tertiary/aromatic N) is 1. The Morgan fingerprint density at radius 3 is 2.89 bits per heavy atom. The number of aliphatic hydroxyl groups is 1. The van der Waals surface area contributed by atoms with Gasteiger partial charge in [-0.1, -0.05) is 6.92 Å². The first-order valence-electron chi connectivity index (χ1n) is 6.96. The number of hydrogen-bond donors (Lipinski definition) is 1. The van der Waals surface area contributed by atoms with Crippen molar-refractivity contribution in [1.29, 1.82) is 0 Å². The predicted octanol–water partition coefficient (Wildman–Crippen LogP) is 2.65. The van der Waals surface area contributed by atoms with E-state index < -0.39 is 5.60 Å². The van der Waals surface area contributed by atoms with Crippen LogP contribution >= 0.6 is 0 Å². The van der Waals surface area contributed by atoms with Crippen LogP contribution in [-0.2, 0) is 10.3 Å². The highest BCUT2D eigenvalue weighted by atomic mass is 16.5. The molecule has 4 nitrogen and oxygen atoms in total. The van der Waals surface area contributed by atoms with Gasteiger partial charge in [-0.2, -0.15) is 0 Å². The van der Waals surface area contributed by atoms with Crippen LogP contribution in [0.2, 0.25) is 0 Å². The SMILES string of the molecule is CCOc1cncc(C2(O)CCOC(C)(CC)C2)c1. The molecule has 0 aromatic carbocycles. The molecule has 0 spiro atoms. The second-order valence-electron chi connectivity index (χ2n) is 5.45. The van der Waals surface area contributed by atoms with Crippen molar-refractivity contribution in [3.05, 3.63) is 24.0 Å². The number of aromatic nitrogens is 1. The second kappa shape index (κ2) is 5.47. The summed E-state index contributed by atoms with van der Waals surface area (Å²) in [6, 6.07) is 1.89. The highest BCUT2D eigenvalue weighted by Crippen LogP contribution is 2.41. The fourth-order valence-electron chi connectivity index (χ4n) is 2.62. The lowest BCUT2D eigenvalue weighted by Crippen LogP contribution is -2.45. The Hall–Kier alpha value is -1.13. The lowest BCUT2D eigenvalue weighted by Gasteiger charge is -2.43. The Kier molecular flexibility index (Phi) is 4.11. The van der Waals surface area contributed by atoms with Crippen molar-refractivity contribution in [2.75, 3.05) is 13.2 Å². The van der Waals surface area contributed by atoms with Gasteiger partial charge in [-0.05, 0) is 26.3 Å². The van der Waals surface area contributed by atoms with E-state index in [-0.39, 0.29) is 5.60 Å². The van der Waals surface area contributed by atoms with E-state index in [1.54, 1.807) is 12.4 Å². The lowest BCUT2D eigenvalue weighted by molar-refractivity contribution is -0.157. The Morgan fingerprint density at radius 1 is 1.42 bits per heavy atom. The molecule has 1 fully saturated rings. The first-order chi connectivity index (χ1) is 9.01. The summed E-state index contributed by atoms with van der Waals surface area (Å²) >= 11 is 0. The van der Waals surface area contributed by atoms with Crippen molar-refractivity contribution in [3.63, 3.8) is 0 Å². The van der Waals surface area contributed by atoms with Gasteiger partial charge < -0.3 is 14.6 Å². The third-order valence-corrected chi connectivity index (χ3v) is 3.94. The molecule has 1 aromatic rings. The van der Waals surface area contributed by atoms with E-state index in [1.165, 1.54) is 0 Å². The lowest BCUT2D eigenvalue weighted by atomic mass is 9.78. The summed E-state index contributed by atoms with van der Waals surface area (Å²) in [6.07, 6.45) is 5.47. The van der Waals surface area contributed by atoms with E-state index >= 15 is 0 Å². The van der Waals surface area contributed by atoms with Crippen LogP contribution in [0.1, 0.15) is 45.6 Å². The van der Waals surface area contributed by atoms with E-state index in [9.17, 15) is 5.11 Å². The second-order valence-corrected chi connectivity index (χ2v) is 5.45. The van der Waals surface area contributed by atoms with Crippen LogP contribution in [0, 0.1) is 0 Å². The first kappa shape index (κ1) is 14.3. The van der Waals surface area contributed by atoms with Gasteiger partial charge in [0.1, 0.15) is 5.75 Å². The van der Waals surface area contributed by atoms with Crippen LogP contribution in [0.4, 0.5) is 0 Å². The largest absolute Gasteiger partial charge is 0.492 e. The summed E-state index contributed by atoms with van der Waals surface area (Å²) in [5, 5.41) is 10.9. The molecule has 0 radical (unpaired) electrons. The maximum absolute atomic E-state index is 10.9. The Bertz CT molecular complexity index is 437. The van der Waals surface area contributed by atoms with E-state index in [0.717, 1.165) is 12.0 Å². The molecule has 4 heteroatoms. The van der Waals surface area contributed by atoms with Crippen LogP contribution in [0.25, 0.3) is 0 Å². The average Bonchev–Trinajstić information content (AvgIpc) is 2.39. The highest BCUT2D eigenvalue weighted by Gasteiger charge is 2.42. The van der Waals surface area contributed by atoms with Crippen LogP contribution in [0.5, 0.6) is 5.75 Å².